The van der Waals surface area contributed by atoms with Crippen molar-refractivity contribution in [2.45, 2.75) is 27.3 Å². The third-order valence-corrected chi connectivity index (χ3v) is 5.04. The Balaban J connectivity index is 1.65. The van der Waals surface area contributed by atoms with Crippen LogP contribution in [0.4, 0.5) is 0 Å². The molecule has 0 atom stereocenters. The van der Waals surface area contributed by atoms with Crippen molar-refractivity contribution >= 4 is 11.9 Å². The highest BCUT2D eigenvalue weighted by molar-refractivity contribution is 6.01. The lowest BCUT2D eigenvalue weighted by Crippen LogP contribution is -2.48. The maximum Gasteiger partial charge on any atom is 0.355 e. The van der Waals surface area contributed by atoms with Crippen molar-refractivity contribution in [2.24, 2.45) is 0 Å². The van der Waals surface area contributed by atoms with E-state index in [9.17, 15) is 9.59 Å². The van der Waals surface area contributed by atoms with Crippen LogP contribution in [0.1, 0.15) is 44.6 Å². The molecule has 0 spiro atoms. The first-order chi connectivity index (χ1) is 13.0. The summed E-state index contributed by atoms with van der Waals surface area (Å²) in [6, 6.07) is 10.4. The van der Waals surface area contributed by atoms with Gasteiger partial charge < -0.3 is 14.6 Å². The standard InChI is InChI=1S/C21H27N3O3/c1-4-27-21(26)19-15(2)18(16(3)22-19)20(25)24-12-10-23(11-13-24)14-17-8-6-5-7-9-17/h5-9,22H,4,10-14H2,1-3H3. The maximum absolute atomic E-state index is 13.0. The molecule has 0 saturated carbocycles. The van der Waals surface area contributed by atoms with Crippen molar-refractivity contribution in [2.75, 3.05) is 32.8 Å². The summed E-state index contributed by atoms with van der Waals surface area (Å²) in [4.78, 5) is 32.4. The average Bonchev–Trinajstić information content (AvgIpc) is 2.97. The van der Waals surface area contributed by atoms with E-state index in [-0.39, 0.29) is 5.91 Å². The van der Waals surface area contributed by atoms with Gasteiger partial charge in [0, 0.05) is 38.4 Å². The van der Waals surface area contributed by atoms with Crippen molar-refractivity contribution in [1.82, 2.24) is 14.8 Å². The van der Waals surface area contributed by atoms with Gasteiger partial charge in [-0.1, -0.05) is 30.3 Å². The number of carbonyl (C=O) groups is 2. The van der Waals surface area contributed by atoms with Crippen molar-refractivity contribution < 1.29 is 14.3 Å². The van der Waals surface area contributed by atoms with Crippen molar-refractivity contribution in [3.8, 4) is 0 Å². The number of benzene rings is 1. The number of hydrogen-bond donors (Lipinski definition) is 1. The van der Waals surface area contributed by atoms with Crippen LogP contribution in [0.2, 0.25) is 0 Å². The Morgan fingerprint density at radius 2 is 1.74 bits per heavy atom. The zero-order valence-electron chi connectivity index (χ0n) is 16.2. The molecule has 0 unspecified atom stereocenters. The van der Waals surface area contributed by atoms with Crippen molar-refractivity contribution in [3.63, 3.8) is 0 Å². The molecule has 2 heterocycles. The second kappa shape index (κ2) is 8.39. The van der Waals surface area contributed by atoms with E-state index in [1.54, 1.807) is 13.8 Å². The molecule has 2 aromatic rings. The van der Waals surface area contributed by atoms with Gasteiger partial charge in [0.05, 0.1) is 12.2 Å². The van der Waals surface area contributed by atoms with Gasteiger partial charge in [0.25, 0.3) is 5.91 Å². The largest absolute Gasteiger partial charge is 0.461 e. The third kappa shape index (κ3) is 4.22. The van der Waals surface area contributed by atoms with Crippen molar-refractivity contribution in [1.29, 1.82) is 0 Å². The van der Waals surface area contributed by atoms with Gasteiger partial charge in [-0.05, 0) is 31.9 Å². The number of aromatic amines is 1. The predicted molar refractivity (Wildman–Crippen MR) is 104 cm³/mol. The maximum atomic E-state index is 13.0. The highest BCUT2D eigenvalue weighted by Crippen LogP contribution is 2.21. The molecule has 1 aliphatic rings. The molecule has 1 aromatic heterocycles. The molecule has 1 aromatic carbocycles. The van der Waals surface area contributed by atoms with Crippen LogP contribution >= 0.6 is 0 Å². The van der Waals surface area contributed by atoms with Crippen LogP contribution in [0.3, 0.4) is 0 Å². The Morgan fingerprint density at radius 3 is 2.37 bits per heavy atom. The fraction of sp³-hybridized carbons (Fsp3) is 0.429. The second-order valence-electron chi connectivity index (χ2n) is 6.90. The predicted octanol–water partition coefficient (Wildman–Crippen LogP) is 2.77. The minimum Gasteiger partial charge on any atom is -0.461 e. The zero-order valence-corrected chi connectivity index (χ0v) is 16.2. The first-order valence-corrected chi connectivity index (χ1v) is 9.43. The van der Waals surface area contributed by atoms with Gasteiger partial charge in [0.1, 0.15) is 5.69 Å². The number of piperazine rings is 1. The topological polar surface area (TPSA) is 65.6 Å². The Morgan fingerprint density at radius 1 is 1.07 bits per heavy atom. The van der Waals surface area contributed by atoms with E-state index in [4.69, 9.17) is 4.74 Å². The molecule has 1 fully saturated rings. The van der Waals surface area contributed by atoms with E-state index in [2.05, 4.69) is 22.0 Å². The lowest BCUT2D eigenvalue weighted by atomic mass is 10.1. The highest BCUT2D eigenvalue weighted by Gasteiger charge is 2.28. The summed E-state index contributed by atoms with van der Waals surface area (Å²) in [5.41, 5.74) is 3.64. The molecule has 1 aliphatic heterocycles. The number of nitrogens with one attached hydrogen (secondary N) is 1. The summed E-state index contributed by atoms with van der Waals surface area (Å²) in [5, 5.41) is 0. The molecule has 27 heavy (non-hydrogen) atoms. The third-order valence-electron chi connectivity index (χ3n) is 5.04. The SMILES string of the molecule is CCOC(=O)c1[nH]c(C)c(C(=O)N2CCN(Cc3ccccc3)CC2)c1C. The molecule has 3 rings (SSSR count). The number of H-pyrrole nitrogens is 1. The number of hydrogen-bond acceptors (Lipinski definition) is 4. The van der Waals surface area contributed by atoms with Gasteiger partial charge in [-0.2, -0.15) is 0 Å². The number of carbonyl (C=O) groups excluding carboxylic acids is 2. The number of aromatic nitrogens is 1. The minimum atomic E-state index is -0.412. The van der Waals surface area contributed by atoms with Gasteiger partial charge in [-0.15, -0.1) is 0 Å². The van der Waals surface area contributed by atoms with Gasteiger partial charge in [-0.3, -0.25) is 9.69 Å². The minimum absolute atomic E-state index is 0.0174. The Labute approximate surface area is 160 Å². The van der Waals surface area contributed by atoms with Crippen LogP contribution in [-0.4, -0.2) is 59.4 Å². The highest BCUT2D eigenvalue weighted by atomic mass is 16.5. The number of ether oxygens (including phenoxy) is 1. The molecule has 0 radical (unpaired) electrons. The van der Waals surface area contributed by atoms with Gasteiger partial charge in [0.2, 0.25) is 0 Å². The number of amides is 1. The smallest absolute Gasteiger partial charge is 0.355 e. The quantitative estimate of drug-likeness (QED) is 0.823. The summed E-state index contributed by atoms with van der Waals surface area (Å²) in [5.74, 6) is -0.430. The number of esters is 1. The Hall–Kier alpha value is -2.60. The summed E-state index contributed by atoms with van der Waals surface area (Å²) in [6.45, 7) is 9.66. The molecule has 1 N–H and O–H groups in total. The number of rotatable bonds is 5. The van der Waals surface area contributed by atoms with E-state index in [1.807, 2.05) is 30.0 Å². The molecule has 6 nitrogen and oxygen atoms in total. The van der Waals surface area contributed by atoms with Crippen LogP contribution in [0.5, 0.6) is 0 Å². The molecule has 144 valence electrons. The zero-order chi connectivity index (χ0) is 19.4. The summed E-state index contributed by atoms with van der Waals surface area (Å²) < 4.78 is 5.07. The molecule has 1 amide bonds. The molecular weight excluding hydrogens is 342 g/mol. The van der Waals surface area contributed by atoms with Crippen molar-refractivity contribution in [3.05, 3.63) is 58.4 Å². The van der Waals surface area contributed by atoms with Crippen LogP contribution in [-0.2, 0) is 11.3 Å². The fourth-order valence-electron chi connectivity index (χ4n) is 3.59. The van der Waals surface area contributed by atoms with Crippen LogP contribution < -0.4 is 0 Å². The monoisotopic (exact) mass is 369 g/mol. The molecule has 1 saturated heterocycles. The number of aryl methyl sites for hydroxylation is 1. The number of nitrogens with zero attached hydrogens (tertiary/aromatic N) is 2. The van der Waals surface area contributed by atoms with E-state index >= 15 is 0 Å². The molecule has 6 heteroatoms. The lowest BCUT2D eigenvalue weighted by molar-refractivity contribution is 0.0519. The van der Waals surface area contributed by atoms with Crippen LogP contribution in [0.25, 0.3) is 0 Å². The first-order valence-electron chi connectivity index (χ1n) is 9.43. The first kappa shape index (κ1) is 19.2. The van der Waals surface area contributed by atoms with Crippen LogP contribution in [0, 0.1) is 13.8 Å². The average molecular weight is 369 g/mol. The van der Waals surface area contributed by atoms with E-state index in [1.165, 1.54) is 5.56 Å². The molecule has 0 bridgehead atoms. The summed E-state index contributed by atoms with van der Waals surface area (Å²) >= 11 is 0. The normalized spacial score (nSPS) is 15.0. The van der Waals surface area contributed by atoms with Crippen LogP contribution in [0.15, 0.2) is 30.3 Å². The molecule has 0 aliphatic carbocycles. The van der Waals surface area contributed by atoms with E-state index in [0.29, 0.717) is 42.2 Å². The lowest BCUT2D eigenvalue weighted by Gasteiger charge is -2.35. The Bertz CT molecular complexity index is 806. The Kier molecular flexibility index (Phi) is 5.96. The van der Waals surface area contributed by atoms with Gasteiger partial charge in [0.15, 0.2) is 0 Å². The van der Waals surface area contributed by atoms with Gasteiger partial charge >= 0.3 is 5.97 Å². The van der Waals surface area contributed by atoms with E-state index < -0.39 is 5.97 Å². The molecular formula is C21H27N3O3. The summed E-state index contributed by atoms with van der Waals surface area (Å²) in [6.07, 6.45) is 0. The van der Waals surface area contributed by atoms with Gasteiger partial charge in [-0.25, -0.2) is 4.79 Å². The summed E-state index contributed by atoms with van der Waals surface area (Å²) in [7, 11) is 0. The second-order valence-corrected chi connectivity index (χ2v) is 6.90. The van der Waals surface area contributed by atoms with E-state index in [0.717, 1.165) is 19.6 Å². The fourth-order valence-corrected chi connectivity index (χ4v) is 3.59.